The topological polar surface area (TPSA) is 38.9 Å². The maximum Gasteiger partial charge on any atom is 0.113 e. The van der Waals surface area contributed by atoms with Gasteiger partial charge in [0.1, 0.15) is 5.01 Å². The molecule has 1 aromatic heterocycles. The van der Waals surface area contributed by atoms with Gasteiger partial charge in [0.25, 0.3) is 0 Å². The second kappa shape index (κ2) is 4.76. The van der Waals surface area contributed by atoms with E-state index in [9.17, 15) is 0 Å². The van der Waals surface area contributed by atoms with Gasteiger partial charge in [-0.3, -0.25) is 0 Å². The van der Waals surface area contributed by atoms with Crippen LogP contribution in [0.5, 0.6) is 0 Å². The summed E-state index contributed by atoms with van der Waals surface area (Å²) >= 11 is 1.64. The first kappa shape index (κ1) is 11.3. The molecule has 0 saturated heterocycles. The number of aromatic nitrogens is 1. The lowest BCUT2D eigenvalue weighted by Gasteiger charge is -2.25. The summed E-state index contributed by atoms with van der Waals surface area (Å²) in [7, 11) is 0. The lowest BCUT2D eigenvalue weighted by atomic mass is 9.90. The van der Waals surface area contributed by atoms with Crippen LogP contribution in [-0.2, 0) is 12.0 Å². The summed E-state index contributed by atoms with van der Waals surface area (Å²) in [5, 5.41) is 3.01. The molecule has 84 valence electrons. The first-order valence-corrected chi connectivity index (χ1v) is 6.35. The molecule has 0 aliphatic rings. The quantitative estimate of drug-likeness (QED) is 0.880. The monoisotopic (exact) mass is 232 g/mol. The third kappa shape index (κ3) is 2.31. The molecule has 1 unspecified atom stereocenters. The molecule has 3 heteroatoms. The van der Waals surface area contributed by atoms with Gasteiger partial charge in [0.2, 0.25) is 0 Å². The predicted molar refractivity (Wildman–Crippen MR) is 68.4 cm³/mol. The second-order valence-electron chi connectivity index (χ2n) is 4.01. The Hall–Kier alpha value is -1.19. The smallest absolute Gasteiger partial charge is 0.113 e. The van der Waals surface area contributed by atoms with Crippen LogP contribution in [0.3, 0.4) is 0 Å². The van der Waals surface area contributed by atoms with Crippen molar-refractivity contribution in [2.75, 3.05) is 0 Å². The molecule has 2 aromatic rings. The average Bonchev–Trinajstić information content (AvgIpc) is 2.84. The highest BCUT2D eigenvalue weighted by Crippen LogP contribution is 2.27. The zero-order valence-electron chi connectivity index (χ0n) is 9.39. The average molecular weight is 232 g/mol. The van der Waals surface area contributed by atoms with Crippen LogP contribution < -0.4 is 5.73 Å². The van der Waals surface area contributed by atoms with Crippen LogP contribution in [0.15, 0.2) is 41.9 Å². The maximum absolute atomic E-state index is 6.44. The van der Waals surface area contributed by atoms with E-state index in [1.807, 2.05) is 29.8 Å². The van der Waals surface area contributed by atoms with Crippen molar-refractivity contribution in [3.63, 3.8) is 0 Å². The molecule has 0 spiro atoms. The minimum atomic E-state index is -0.324. The van der Waals surface area contributed by atoms with Gasteiger partial charge in [-0.1, -0.05) is 37.3 Å². The fraction of sp³-hybridized carbons (Fsp3) is 0.308. The minimum Gasteiger partial charge on any atom is -0.319 e. The molecule has 2 N–H and O–H groups in total. The highest BCUT2D eigenvalue weighted by atomic mass is 32.1. The highest BCUT2D eigenvalue weighted by molar-refractivity contribution is 7.09. The van der Waals surface area contributed by atoms with E-state index in [0.717, 1.165) is 17.8 Å². The number of nitrogens with zero attached hydrogens (tertiary/aromatic N) is 1. The Balaban J connectivity index is 2.23. The van der Waals surface area contributed by atoms with E-state index < -0.39 is 0 Å². The van der Waals surface area contributed by atoms with Crippen molar-refractivity contribution in [1.82, 2.24) is 4.98 Å². The van der Waals surface area contributed by atoms with Gasteiger partial charge in [0, 0.05) is 11.6 Å². The van der Waals surface area contributed by atoms with Crippen molar-refractivity contribution < 1.29 is 0 Å². The molecule has 0 aliphatic carbocycles. The van der Waals surface area contributed by atoms with Crippen molar-refractivity contribution in [2.24, 2.45) is 5.73 Å². The number of thiazole rings is 1. The van der Waals surface area contributed by atoms with Crippen molar-refractivity contribution in [1.29, 1.82) is 0 Å². The largest absolute Gasteiger partial charge is 0.319 e. The van der Waals surface area contributed by atoms with Gasteiger partial charge in [-0.2, -0.15) is 0 Å². The summed E-state index contributed by atoms with van der Waals surface area (Å²) in [6.07, 6.45) is 3.57. The van der Waals surface area contributed by atoms with E-state index in [0.29, 0.717) is 0 Å². The van der Waals surface area contributed by atoms with E-state index in [2.05, 4.69) is 24.0 Å². The standard InChI is InChI=1S/C13H16N2S/c1-2-13(14,12-15-8-9-16-12)10-11-6-4-3-5-7-11/h3-9H,2,10,14H2,1H3. The molecule has 2 rings (SSSR count). The van der Waals surface area contributed by atoms with Crippen molar-refractivity contribution in [3.8, 4) is 0 Å². The number of rotatable bonds is 4. The van der Waals surface area contributed by atoms with Crippen LogP contribution in [0.2, 0.25) is 0 Å². The molecular formula is C13H16N2S. The summed E-state index contributed by atoms with van der Waals surface area (Å²) in [6.45, 7) is 2.12. The molecule has 1 atom stereocenters. The Morgan fingerprint density at radius 2 is 2.06 bits per heavy atom. The molecule has 1 aromatic carbocycles. The van der Waals surface area contributed by atoms with Gasteiger partial charge >= 0.3 is 0 Å². The summed E-state index contributed by atoms with van der Waals surface area (Å²) in [5.74, 6) is 0. The van der Waals surface area contributed by atoms with Crippen LogP contribution in [0.1, 0.15) is 23.9 Å². The van der Waals surface area contributed by atoms with Gasteiger partial charge in [-0.05, 0) is 18.4 Å². The Kier molecular flexibility index (Phi) is 3.36. The maximum atomic E-state index is 6.44. The number of hydrogen-bond donors (Lipinski definition) is 1. The molecule has 0 radical (unpaired) electrons. The number of nitrogens with two attached hydrogens (primary N) is 1. The molecule has 1 heterocycles. The van der Waals surface area contributed by atoms with Crippen LogP contribution in [0.25, 0.3) is 0 Å². The summed E-state index contributed by atoms with van der Waals surface area (Å²) in [4.78, 5) is 4.35. The second-order valence-corrected chi connectivity index (χ2v) is 4.90. The first-order valence-electron chi connectivity index (χ1n) is 5.47. The molecule has 2 nitrogen and oxygen atoms in total. The van der Waals surface area contributed by atoms with Crippen molar-refractivity contribution in [3.05, 3.63) is 52.5 Å². The van der Waals surface area contributed by atoms with Gasteiger partial charge in [-0.15, -0.1) is 11.3 Å². The molecule has 0 amide bonds. The van der Waals surface area contributed by atoms with Crippen LogP contribution in [-0.4, -0.2) is 4.98 Å². The van der Waals surface area contributed by atoms with E-state index in [1.54, 1.807) is 11.3 Å². The minimum absolute atomic E-state index is 0.324. The molecular weight excluding hydrogens is 216 g/mol. The molecule has 0 bridgehead atoms. The van der Waals surface area contributed by atoms with Crippen molar-refractivity contribution >= 4 is 11.3 Å². The fourth-order valence-corrected chi connectivity index (χ4v) is 2.60. The Morgan fingerprint density at radius 1 is 1.31 bits per heavy atom. The van der Waals surface area contributed by atoms with Gasteiger partial charge < -0.3 is 5.73 Å². The summed E-state index contributed by atoms with van der Waals surface area (Å²) in [5.41, 5.74) is 7.38. The zero-order valence-corrected chi connectivity index (χ0v) is 10.2. The Labute approximate surface area is 100 Å². The fourth-order valence-electron chi connectivity index (χ4n) is 1.78. The van der Waals surface area contributed by atoms with E-state index in [-0.39, 0.29) is 5.54 Å². The summed E-state index contributed by atoms with van der Waals surface area (Å²) in [6, 6.07) is 10.4. The zero-order chi connectivity index (χ0) is 11.4. The van der Waals surface area contributed by atoms with E-state index in [1.165, 1.54) is 5.56 Å². The molecule has 0 saturated carbocycles. The third-order valence-electron chi connectivity index (χ3n) is 2.85. The number of benzene rings is 1. The Morgan fingerprint density at radius 3 is 2.62 bits per heavy atom. The van der Waals surface area contributed by atoms with Crippen molar-refractivity contribution in [2.45, 2.75) is 25.3 Å². The van der Waals surface area contributed by atoms with Gasteiger partial charge in [0.05, 0.1) is 5.54 Å². The van der Waals surface area contributed by atoms with Crippen LogP contribution in [0, 0.1) is 0 Å². The highest BCUT2D eigenvalue weighted by Gasteiger charge is 2.28. The van der Waals surface area contributed by atoms with E-state index in [4.69, 9.17) is 5.73 Å². The third-order valence-corrected chi connectivity index (χ3v) is 3.84. The summed E-state index contributed by atoms with van der Waals surface area (Å²) < 4.78 is 0. The normalized spacial score (nSPS) is 14.6. The van der Waals surface area contributed by atoms with Crippen LogP contribution >= 0.6 is 11.3 Å². The molecule has 0 aliphatic heterocycles. The van der Waals surface area contributed by atoms with E-state index >= 15 is 0 Å². The van der Waals surface area contributed by atoms with Gasteiger partial charge in [0.15, 0.2) is 0 Å². The number of hydrogen-bond acceptors (Lipinski definition) is 3. The molecule has 0 fully saturated rings. The predicted octanol–water partition coefficient (Wildman–Crippen LogP) is 2.95. The van der Waals surface area contributed by atoms with Gasteiger partial charge in [-0.25, -0.2) is 4.98 Å². The Bertz CT molecular complexity index is 424. The SMILES string of the molecule is CCC(N)(Cc1ccccc1)c1nccs1. The lowest BCUT2D eigenvalue weighted by Crippen LogP contribution is -2.38. The first-order chi connectivity index (χ1) is 7.74. The molecule has 16 heavy (non-hydrogen) atoms. The lowest BCUT2D eigenvalue weighted by molar-refractivity contribution is 0.423. The van der Waals surface area contributed by atoms with Crippen LogP contribution in [0.4, 0.5) is 0 Å².